The predicted octanol–water partition coefficient (Wildman–Crippen LogP) is 3.38. The monoisotopic (exact) mass is 283 g/mol. The molecule has 3 nitrogen and oxygen atoms in total. The zero-order valence-corrected chi connectivity index (χ0v) is 10.8. The molecule has 0 unspecified atom stereocenters. The molecule has 2 rings (SSSR count). The summed E-state index contributed by atoms with van der Waals surface area (Å²) in [6.07, 6.45) is -4.52. The van der Waals surface area contributed by atoms with Crippen molar-refractivity contribution in [3.05, 3.63) is 51.8 Å². The molecule has 0 fully saturated rings. The number of hydrogen-bond acceptors (Lipinski definition) is 2. The van der Waals surface area contributed by atoms with Crippen LogP contribution in [-0.4, -0.2) is 12.1 Å². The number of H-pyrrole nitrogens is 1. The largest absolute Gasteiger partial charge is 0.496 e. The van der Waals surface area contributed by atoms with Crippen LogP contribution in [0.25, 0.3) is 11.3 Å². The summed E-state index contributed by atoms with van der Waals surface area (Å²) < 4.78 is 43.5. The smallest absolute Gasteiger partial charge is 0.419 e. The van der Waals surface area contributed by atoms with Crippen molar-refractivity contribution in [2.45, 2.75) is 13.1 Å². The number of rotatable bonds is 2. The minimum atomic E-state index is -4.52. The first kappa shape index (κ1) is 14.2. The van der Waals surface area contributed by atoms with Gasteiger partial charge >= 0.3 is 6.18 Å². The summed E-state index contributed by atoms with van der Waals surface area (Å²) in [6.45, 7) is 1.67. The number of hydrogen-bond donors (Lipinski definition) is 1. The van der Waals surface area contributed by atoms with E-state index in [9.17, 15) is 18.0 Å². The van der Waals surface area contributed by atoms with Gasteiger partial charge in [-0.05, 0) is 30.7 Å². The Morgan fingerprint density at radius 1 is 1.15 bits per heavy atom. The third-order valence-corrected chi connectivity index (χ3v) is 2.79. The normalized spacial score (nSPS) is 11.4. The molecule has 0 saturated carbocycles. The molecule has 0 aliphatic rings. The summed E-state index contributed by atoms with van der Waals surface area (Å²) in [5, 5.41) is 0. The Balaban J connectivity index is 2.61. The van der Waals surface area contributed by atoms with Crippen molar-refractivity contribution in [1.82, 2.24) is 4.98 Å². The van der Waals surface area contributed by atoms with Crippen molar-refractivity contribution in [3.63, 3.8) is 0 Å². The highest BCUT2D eigenvalue weighted by Crippen LogP contribution is 2.38. The van der Waals surface area contributed by atoms with Crippen LogP contribution in [-0.2, 0) is 6.18 Å². The molecule has 1 aromatic heterocycles. The van der Waals surface area contributed by atoms with E-state index in [1.807, 2.05) is 0 Å². The quantitative estimate of drug-likeness (QED) is 0.918. The average molecular weight is 283 g/mol. The lowest BCUT2D eigenvalue weighted by Gasteiger charge is -2.13. The summed E-state index contributed by atoms with van der Waals surface area (Å²) in [4.78, 5) is 14.3. The zero-order valence-electron chi connectivity index (χ0n) is 10.8. The second-order valence-corrected chi connectivity index (χ2v) is 4.33. The van der Waals surface area contributed by atoms with Gasteiger partial charge in [-0.3, -0.25) is 4.79 Å². The Morgan fingerprint density at radius 2 is 1.85 bits per heavy atom. The number of methoxy groups -OCH3 is 1. The second kappa shape index (κ2) is 5.03. The molecule has 2 aromatic rings. The Hall–Kier alpha value is -2.24. The molecule has 0 radical (unpaired) electrons. The number of alkyl halides is 3. The SMILES string of the molecule is COc1ccc(-c2cc(=O)cc(C)[nH]2)cc1C(F)(F)F. The summed E-state index contributed by atoms with van der Waals surface area (Å²) in [6, 6.07) is 6.30. The van der Waals surface area contributed by atoms with E-state index in [0.29, 0.717) is 11.4 Å². The van der Waals surface area contributed by atoms with E-state index in [2.05, 4.69) is 4.98 Å². The molecular weight excluding hydrogens is 271 g/mol. The number of halogens is 3. The van der Waals surface area contributed by atoms with Crippen LogP contribution in [0.2, 0.25) is 0 Å². The van der Waals surface area contributed by atoms with E-state index in [1.165, 1.54) is 31.4 Å². The predicted molar refractivity (Wildman–Crippen MR) is 68.8 cm³/mol. The highest BCUT2D eigenvalue weighted by Gasteiger charge is 2.34. The first-order chi connectivity index (χ1) is 9.31. The van der Waals surface area contributed by atoms with Gasteiger partial charge in [0.2, 0.25) is 0 Å². The number of aromatic amines is 1. The molecule has 1 heterocycles. The molecule has 0 saturated heterocycles. The van der Waals surface area contributed by atoms with Gasteiger partial charge in [0, 0.05) is 23.5 Å². The van der Waals surface area contributed by atoms with Crippen LogP contribution >= 0.6 is 0 Å². The number of nitrogens with one attached hydrogen (secondary N) is 1. The fourth-order valence-electron chi connectivity index (χ4n) is 1.93. The van der Waals surface area contributed by atoms with Gasteiger partial charge in [0.05, 0.1) is 12.7 Å². The van der Waals surface area contributed by atoms with E-state index in [1.54, 1.807) is 6.92 Å². The van der Waals surface area contributed by atoms with E-state index >= 15 is 0 Å². The lowest BCUT2D eigenvalue weighted by atomic mass is 10.1. The van der Waals surface area contributed by atoms with Crippen LogP contribution in [0.1, 0.15) is 11.3 Å². The van der Waals surface area contributed by atoms with Gasteiger partial charge in [-0.25, -0.2) is 0 Å². The molecule has 106 valence electrons. The molecule has 20 heavy (non-hydrogen) atoms. The number of ether oxygens (including phenoxy) is 1. The highest BCUT2D eigenvalue weighted by molar-refractivity contribution is 5.62. The number of pyridine rings is 1. The van der Waals surface area contributed by atoms with Crippen molar-refractivity contribution in [3.8, 4) is 17.0 Å². The summed E-state index contributed by atoms with van der Waals surface area (Å²) >= 11 is 0. The summed E-state index contributed by atoms with van der Waals surface area (Å²) in [5.74, 6) is -0.253. The second-order valence-electron chi connectivity index (χ2n) is 4.33. The Labute approximate surface area is 113 Å². The third-order valence-electron chi connectivity index (χ3n) is 2.79. The van der Waals surface area contributed by atoms with E-state index in [0.717, 1.165) is 6.07 Å². The van der Waals surface area contributed by atoms with Crippen molar-refractivity contribution < 1.29 is 17.9 Å². The average Bonchev–Trinajstić information content (AvgIpc) is 2.35. The zero-order chi connectivity index (χ0) is 14.9. The Bertz CT molecular complexity index is 690. The van der Waals surface area contributed by atoms with E-state index in [4.69, 9.17) is 4.74 Å². The maximum absolute atomic E-state index is 12.9. The van der Waals surface area contributed by atoms with Crippen molar-refractivity contribution >= 4 is 0 Å². The first-order valence-electron chi connectivity index (χ1n) is 5.78. The van der Waals surface area contributed by atoms with E-state index < -0.39 is 11.7 Å². The molecule has 1 aromatic carbocycles. The highest BCUT2D eigenvalue weighted by atomic mass is 19.4. The van der Waals surface area contributed by atoms with Gasteiger partial charge in [0.15, 0.2) is 5.43 Å². The van der Waals surface area contributed by atoms with Gasteiger partial charge in [0.1, 0.15) is 5.75 Å². The standard InChI is InChI=1S/C14H12F3NO2/c1-8-5-10(19)7-12(18-8)9-3-4-13(20-2)11(6-9)14(15,16)17/h3-7H,1-2H3,(H,18,19). The molecule has 1 N–H and O–H groups in total. The van der Waals surface area contributed by atoms with E-state index in [-0.39, 0.29) is 16.7 Å². The van der Waals surface area contributed by atoms with Crippen LogP contribution in [0.15, 0.2) is 35.1 Å². The van der Waals surface area contributed by atoms with Crippen molar-refractivity contribution in [1.29, 1.82) is 0 Å². The van der Waals surface area contributed by atoms with Crippen molar-refractivity contribution in [2.75, 3.05) is 7.11 Å². The maximum atomic E-state index is 12.9. The van der Waals surface area contributed by atoms with Crippen LogP contribution < -0.4 is 10.2 Å². The molecule has 6 heteroatoms. The fourth-order valence-corrected chi connectivity index (χ4v) is 1.93. The summed E-state index contributed by atoms with van der Waals surface area (Å²) in [5.41, 5.74) is 0.0550. The Morgan fingerprint density at radius 3 is 2.40 bits per heavy atom. The third kappa shape index (κ3) is 2.84. The fraction of sp³-hybridized carbons (Fsp3) is 0.214. The van der Waals surface area contributed by atoms with Crippen LogP contribution in [0.5, 0.6) is 5.75 Å². The van der Waals surface area contributed by atoms with Gasteiger partial charge in [-0.15, -0.1) is 0 Å². The molecule has 0 atom stereocenters. The van der Waals surface area contributed by atoms with Gasteiger partial charge in [-0.2, -0.15) is 13.2 Å². The van der Waals surface area contributed by atoms with Gasteiger partial charge in [-0.1, -0.05) is 0 Å². The van der Waals surface area contributed by atoms with Crippen LogP contribution in [0.3, 0.4) is 0 Å². The van der Waals surface area contributed by atoms with Gasteiger partial charge < -0.3 is 9.72 Å². The van der Waals surface area contributed by atoms with Crippen molar-refractivity contribution in [2.24, 2.45) is 0 Å². The minimum Gasteiger partial charge on any atom is -0.496 e. The molecule has 0 bridgehead atoms. The molecule has 0 amide bonds. The lowest BCUT2D eigenvalue weighted by molar-refractivity contribution is -0.138. The first-order valence-corrected chi connectivity index (χ1v) is 5.78. The Kier molecular flexibility index (Phi) is 3.57. The summed E-state index contributed by atoms with van der Waals surface area (Å²) in [7, 11) is 1.18. The molecule has 0 spiro atoms. The molecular formula is C14H12F3NO2. The molecule has 0 aliphatic heterocycles. The maximum Gasteiger partial charge on any atom is 0.419 e. The number of benzene rings is 1. The van der Waals surface area contributed by atoms with Crippen LogP contribution in [0, 0.1) is 6.92 Å². The minimum absolute atomic E-state index is 0.253. The molecule has 0 aliphatic carbocycles. The lowest BCUT2D eigenvalue weighted by Crippen LogP contribution is -2.08. The topological polar surface area (TPSA) is 42.1 Å². The van der Waals surface area contributed by atoms with Crippen LogP contribution in [0.4, 0.5) is 13.2 Å². The number of aryl methyl sites for hydroxylation is 1. The number of aromatic nitrogens is 1. The van der Waals surface area contributed by atoms with Gasteiger partial charge in [0.25, 0.3) is 0 Å².